The van der Waals surface area contributed by atoms with Crippen LogP contribution in [0.3, 0.4) is 0 Å². The minimum absolute atomic E-state index is 0.0182. The van der Waals surface area contributed by atoms with Crippen molar-refractivity contribution >= 4 is 40.5 Å². The fourth-order valence-electron chi connectivity index (χ4n) is 3.56. The second kappa shape index (κ2) is 9.45. The van der Waals surface area contributed by atoms with Crippen LogP contribution in [0, 0.1) is 21.8 Å². The lowest BCUT2D eigenvalue weighted by molar-refractivity contribution is -0.387. The summed E-state index contributed by atoms with van der Waals surface area (Å²) in [6, 6.07) is 12.7. The molecular weight excluding hydrogens is 445 g/mol. The van der Waals surface area contributed by atoms with Gasteiger partial charge in [-0.3, -0.25) is 29.5 Å². The van der Waals surface area contributed by atoms with Crippen LogP contribution in [0.5, 0.6) is 0 Å². The fourth-order valence-corrected chi connectivity index (χ4v) is 3.56. The lowest BCUT2D eigenvalue weighted by Gasteiger charge is -2.17. The van der Waals surface area contributed by atoms with E-state index in [0.29, 0.717) is 16.9 Å². The van der Waals surface area contributed by atoms with E-state index >= 15 is 0 Å². The predicted octanol–water partition coefficient (Wildman–Crippen LogP) is 3.37. The number of benzene rings is 2. The van der Waals surface area contributed by atoms with Crippen LogP contribution in [-0.2, 0) is 9.59 Å². The van der Waals surface area contributed by atoms with E-state index in [0.717, 1.165) is 12.1 Å². The number of halogens is 1. The van der Waals surface area contributed by atoms with Gasteiger partial charge in [0.2, 0.25) is 17.6 Å². The number of nitrogens with one attached hydrogen (secondary N) is 2. The molecule has 1 fully saturated rings. The predicted molar refractivity (Wildman–Crippen MR) is 121 cm³/mol. The van der Waals surface area contributed by atoms with E-state index in [1.165, 1.54) is 17.0 Å². The van der Waals surface area contributed by atoms with Crippen LogP contribution in [-0.4, -0.2) is 34.2 Å². The van der Waals surface area contributed by atoms with Gasteiger partial charge >= 0.3 is 5.69 Å². The topological polar surface area (TPSA) is 135 Å². The molecule has 3 aromatic rings. The molecule has 34 heavy (non-hydrogen) atoms. The maximum atomic E-state index is 13.6. The molecule has 2 aromatic carbocycles. The van der Waals surface area contributed by atoms with Gasteiger partial charge in [-0.15, -0.1) is 0 Å². The van der Waals surface area contributed by atoms with E-state index in [1.54, 1.807) is 42.7 Å². The number of aromatic nitrogens is 1. The quantitative estimate of drug-likeness (QED) is 0.425. The average Bonchev–Trinajstić information content (AvgIpc) is 3.22. The number of nitrogens with zero attached hydrogens (tertiary/aromatic N) is 3. The van der Waals surface area contributed by atoms with Crippen LogP contribution in [0.25, 0.3) is 0 Å². The Morgan fingerprint density at radius 2 is 1.82 bits per heavy atom. The second-order valence-corrected chi connectivity index (χ2v) is 7.56. The Morgan fingerprint density at radius 1 is 1.06 bits per heavy atom. The number of hydrogen-bond donors (Lipinski definition) is 2. The molecule has 3 amide bonds. The summed E-state index contributed by atoms with van der Waals surface area (Å²) in [5, 5.41) is 16.4. The normalized spacial score (nSPS) is 15.1. The highest BCUT2D eigenvalue weighted by Crippen LogP contribution is 2.30. The summed E-state index contributed by atoms with van der Waals surface area (Å²) in [4.78, 5) is 52.9. The first-order valence-corrected chi connectivity index (χ1v) is 10.2. The van der Waals surface area contributed by atoms with Crippen molar-refractivity contribution in [2.45, 2.75) is 6.42 Å². The monoisotopic (exact) mass is 463 g/mol. The van der Waals surface area contributed by atoms with Gasteiger partial charge in [-0.2, -0.15) is 4.39 Å². The van der Waals surface area contributed by atoms with Gasteiger partial charge in [-0.05, 0) is 42.5 Å². The number of nitro benzene ring substituents is 1. The molecular formula is C23H18FN5O5. The number of carbonyl (C=O) groups excluding carboxylic acids is 3. The zero-order valence-corrected chi connectivity index (χ0v) is 17.6. The summed E-state index contributed by atoms with van der Waals surface area (Å²) in [6.45, 7) is -0.0182. The number of amides is 3. The highest BCUT2D eigenvalue weighted by Gasteiger charge is 2.36. The van der Waals surface area contributed by atoms with Crippen molar-refractivity contribution in [3.05, 3.63) is 88.5 Å². The molecule has 172 valence electrons. The van der Waals surface area contributed by atoms with E-state index in [2.05, 4.69) is 15.6 Å². The SMILES string of the molecule is O=C(Nc1ccncc1)c1cccc(NC(=O)C2CC(=O)N(c3ccc(F)c([N+](=O)[O-])c3)C2)c1. The molecule has 1 unspecified atom stereocenters. The number of pyridine rings is 1. The molecule has 0 saturated carbocycles. The van der Waals surface area contributed by atoms with Crippen molar-refractivity contribution < 1.29 is 23.7 Å². The third kappa shape index (κ3) is 4.88. The maximum absolute atomic E-state index is 13.6. The van der Waals surface area contributed by atoms with Crippen LogP contribution in [0.1, 0.15) is 16.8 Å². The summed E-state index contributed by atoms with van der Waals surface area (Å²) in [7, 11) is 0. The molecule has 0 spiro atoms. The summed E-state index contributed by atoms with van der Waals surface area (Å²) in [5.41, 5.74) is 0.649. The molecule has 11 heteroatoms. The van der Waals surface area contributed by atoms with E-state index in [-0.39, 0.29) is 24.6 Å². The van der Waals surface area contributed by atoms with Crippen LogP contribution in [0.4, 0.5) is 27.1 Å². The Bertz CT molecular complexity index is 1280. The first-order valence-electron chi connectivity index (χ1n) is 10.2. The van der Waals surface area contributed by atoms with Crippen molar-refractivity contribution in [1.29, 1.82) is 0 Å². The van der Waals surface area contributed by atoms with Gasteiger partial charge in [0, 0.05) is 48.4 Å². The van der Waals surface area contributed by atoms with E-state index in [9.17, 15) is 28.9 Å². The molecule has 1 aliphatic heterocycles. The van der Waals surface area contributed by atoms with Crippen LogP contribution in [0.2, 0.25) is 0 Å². The van der Waals surface area contributed by atoms with Crippen molar-refractivity contribution in [1.82, 2.24) is 4.98 Å². The Balaban J connectivity index is 1.43. The third-order valence-electron chi connectivity index (χ3n) is 5.26. The molecule has 1 atom stereocenters. The Kier molecular flexibility index (Phi) is 6.26. The first kappa shape index (κ1) is 22.5. The number of hydrogen-bond acceptors (Lipinski definition) is 6. The summed E-state index contributed by atoms with van der Waals surface area (Å²) < 4.78 is 13.6. The van der Waals surface area contributed by atoms with Crippen molar-refractivity contribution in [3.8, 4) is 0 Å². The third-order valence-corrected chi connectivity index (χ3v) is 5.26. The second-order valence-electron chi connectivity index (χ2n) is 7.56. The number of carbonyl (C=O) groups is 3. The maximum Gasteiger partial charge on any atom is 0.306 e. The highest BCUT2D eigenvalue weighted by atomic mass is 19.1. The number of nitro groups is 1. The van der Waals surface area contributed by atoms with Gasteiger partial charge in [0.15, 0.2) is 0 Å². The number of rotatable bonds is 6. The molecule has 10 nitrogen and oxygen atoms in total. The minimum atomic E-state index is -1.01. The summed E-state index contributed by atoms with van der Waals surface area (Å²) in [5.74, 6) is -2.97. The first-order chi connectivity index (χ1) is 16.3. The van der Waals surface area contributed by atoms with Gasteiger partial charge in [-0.1, -0.05) is 6.07 Å². The van der Waals surface area contributed by atoms with Gasteiger partial charge in [0.25, 0.3) is 5.91 Å². The van der Waals surface area contributed by atoms with Crippen molar-refractivity contribution in [2.75, 3.05) is 22.1 Å². The number of anilines is 3. The van der Waals surface area contributed by atoms with Crippen molar-refractivity contribution in [2.24, 2.45) is 5.92 Å². The Hall–Kier alpha value is -4.67. The Labute approximate surface area is 192 Å². The zero-order valence-electron chi connectivity index (χ0n) is 17.6. The van der Waals surface area contributed by atoms with Crippen LogP contribution in [0.15, 0.2) is 67.0 Å². The molecule has 0 aliphatic carbocycles. The highest BCUT2D eigenvalue weighted by molar-refractivity contribution is 6.06. The lowest BCUT2D eigenvalue weighted by Crippen LogP contribution is -2.28. The van der Waals surface area contributed by atoms with Crippen molar-refractivity contribution in [3.63, 3.8) is 0 Å². The molecule has 0 radical (unpaired) electrons. The van der Waals surface area contributed by atoms with Crippen LogP contribution >= 0.6 is 0 Å². The molecule has 0 bridgehead atoms. The Morgan fingerprint density at radius 3 is 2.56 bits per heavy atom. The van der Waals surface area contributed by atoms with Gasteiger partial charge in [0.05, 0.1) is 16.5 Å². The molecule has 4 rings (SSSR count). The van der Waals surface area contributed by atoms with Crippen LogP contribution < -0.4 is 15.5 Å². The average molecular weight is 463 g/mol. The zero-order chi connectivity index (χ0) is 24.2. The fraction of sp³-hybridized carbons (Fsp3) is 0.130. The molecule has 2 heterocycles. The van der Waals surface area contributed by atoms with E-state index < -0.39 is 34.2 Å². The lowest BCUT2D eigenvalue weighted by atomic mass is 10.1. The molecule has 1 aromatic heterocycles. The largest absolute Gasteiger partial charge is 0.326 e. The molecule has 1 aliphatic rings. The smallest absolute Gasteiger partial charge is 0.306 e. The van der Waals surface area contributed by atoms with E-state index in [1.807, 2.05) is 0 Å². The standard InChI is InChI=1S/C23H18FN5O5/c24-19-5-4-18(12-20(19)29(33)34)28-13-15(11-21(28)30)23(32)27-17-3-1-2-14(10-17)22(31)26-16-6-8-25-9-7-16/h1-10,12,15H,11,13H2,(H,27,32)(H,25,26,31). The minimum Gasteiger partial charge on any atom is -0.326 e. The van der Waals surface area contributed by atoms with Gasteiger partial charge in [0.1, 0.15) is 0 Å². The van der Waals surface area contributed by atoms with E-state index in [4.69, 9.17) is 0 Å². The summed E-state index contributed by atoms with van der Waals surface area (Å²) >= 11 is 0. The molecule has 1 saturated heterocycles. The van der Waals surface area contributed by atoms with Gasteiger partial charge in [-0.25, -0.2) is 0 Å². The molecule has 2 N–H and O–H groups in total. The van der Waals surface area contributed by atoms with Gasteiger partial charge < -0.3 is 15.5 Å². The summed E-state index contributed by atoms with van der Waals surface area (Å²) in [6.07, 6.45) is 2.98.